The number of aromatic hydroxyl groups is 1. The van der Waals surface area contributed by atoms with E-state index in [9.17, 15) is 43.5 Å². The first-order valence-corrected chi connectivity index (χ1v) is 11.4. The number of phenolic OH excluding ortho intramolecular Hbond substituents is 1. The summed E-state index contributed by atoms with van der Waals surface area (Å²) in [4.78, 5) is 26.5. The van der Waals surface area contributed by atoms with Crippen LogP contribution in [0.4, 0.5) is 0 Å². The fraction of sp³-hybridized carbons (Fsp3) is 0.333. The van der Waals surface area contributed by atoms with Crippen LogP contribution in [-0.2, 0) is 15.1 Å². The van der Waals surface area contributed by atoms with E-state index in [1.54, 1.807) is 6.92 Å². The lowest BCUT2D eigenvalue weighted by molar-refractivity contribution is -0.277. The van der Waals surface area contributed by atoms with Crippen molar-refractivity contribution in [1.29, 1.82) is 0 Å². The zero-order valence-corrected chi connectivity index (χ0v) is 18.7. The number of benzene rings is 2. The minimum atomic E-state index is -5.08. The van der Waals surface area contributed by atoms with Crippen molar-refractivity contribution >= 4 is 22.0 Å². The molecule has 5 atom stereocenters. The van der Waals surface area contributed by atoms with Crippen molar-refractivity contribution in [1.82, 2.24) is 0 Å². The molecule has 14 heteroatoms. The number of ketones is 2. The Morgan fingerprint density at radius 1 is 0.943 bits per heavy atom. The standard InChI is InChI=1S/C21H20O13S/c1-7-2-9-14(11(23)3-7)18(26)15-10(16(9)24)4-8(34-35(29,30)31)5-12(15)32-21-20(28)19(27)17(25)13(6-22)33-21/h2-5,13,17,19-23,25,27-28H,6H2,1H3,(H,29,30,31)/t13-,17-,19+,20-,21-/m0/s1. The molecule has 188 valence electrons. The third kappa shape index (κ3) is 4.48. The first kappa shape index (κ1) is 25.0. The smallest absolute Gasteiger partial charge is 0.446 e. The second kappa shape index (κ2) is 8.83. The fourth-order valence-corrected chi connectivity index (χ4v) is 4.35. The predicted octanol–water partition coefficient (Wildman–Crippen LogP) is -1.16. The van der Waals surface area contributed by atoms with Crippen LogP contribution in [0.15, 0.2) is 24.3 Å². The Bertz CT molecular complexity index is 1320. The summed E-state index contributed by atoms with van der Waals surface area (Å²) in [6, 6.07) is 4.26. The monoisotopic (exact) mass is 512 g/mol. The second-order valence-corrected chi connectivity index (χ2v) is 9.06. The van der Waals surface area contributed by atoms with Gasteiger partial charge in [0.05, 0.1) is 17.7 Å². The van der Waals surface area contributed by atoms with Gasteiger partial charge in [0.25, 0.3) is 0 Å². The third-order valence-electron chi connectivity index (χ3n) is 5.57. The molecule has 1 fully saturated rings. The van der Waals surface area contributed by atoms with Crippen LogP contribution in [0, 0.1) is 6.92 Å². The van der Waals surface area contributed by atoms with Crippen LogP contribution in [0.2, 0.25) is 0 Å². The number of ether oxygens (including phenoxy) is 2. The molecule has 0 amide bonds. The number of carbonyl (C=O) groups is 2. The number of hydrogen-bond acceptors (Lipinski definition) is 12. The van der Waals surface area contributed by atoms with E-state index >= 15 is 0 Å². The minimum absolute atomic E-state index is 0.178. The second-order valence-electron chi connectivity index (χ2n) is 8.04. The van der Waals surface area contributed by atoms with Crippen molar-refractivity contribution < 1.29 is 61.7 Å². The number of carbonyl (C=O) groups excluding carboxylic acids is 2. The summed E-state index contributed by atoms with van der Waals surface area (Å²) in [7, 11) is -5.08. The van der Waals surface area contributed by atoms with Gasteiger partial charge in [-0.05, 0) is 30.7 Å². The molecule has 6 N–H and O–H groups in total. The molecule has 0 saturated carbocycles. The Morgan fingerprint density at radius 3 is 2.23 bits per heavy atom. The maximum absolute atomic E-state index is 13.3. The molecule has 1 heterocycles. The van der Waals surface area contributed by atoms with Crippen molar-refractivity contribution in [3.05, 3.63) is 52.1 Å². The lowest BCUT2D eigenvalue weighted by Gasteiger charge is -2.39. The Kier molecular flexibility index (Phi) is 6.31. The Morgan fingerprint density at radius 2 is 1.60 bits per heavy atom. The lowest BCUT2D eigenvalue weighted by atomic mass is 9.82. The topological polar surface area (TPSA) is 217 Å². The van der Waals surface area contributed by atoms with E-state index < -0.39 is 87.7 Å². The molecule has 13 nitrogen and oxygen atoms in total. The number of rotatable bonds is 5. The Labute approximate surface area is 197 Å². The van der Waals surface area contributed by atoms with E-state index in [0.717, 1.165) is 12.1 Å². The fourth-order valence-electron chi connectivity index (χ4n) is 4.01. The average molecular weight is 512 g/mol. The predicted molar refractivity (Wildman–Crippen MR) is 113 cm³/mol. The molecule has 35 heavy (non-hydrogen) atoms. The zero-order valence-electron chi connectivity index (χ0n) is 17.9. The molecule has 1 saturated heterocycles. The van der Waals surface area contributed by atoms with Gasteiger partial charge < -0.3 is 39.2 Å². The number of hydrogen-bond donors (Lipinski definition) is 6. The number of fused-ring (bicyclic) bond motifs is 2. The molecule has 2 aliphatic rings. The Balaban J connectivity index is 1.87. The van der Waals surface area contributed by atoms with E-state index in [1.807, 2.05) is 0 Å². The van der Waals surface area contributed by atoms with Crippen LogP contribution in [0.25, 0.3) is 0 Å². The molecule has 0 bridgehead atoms. The highest BCUT2D eigenvalue weighted by atomic mass is 32.3. The van der Waals surface area contributed by atoms with Crippen molar-refractivity contribution in [3.63, 3.8) is 0 Å². The molecule has 1 aliphatic heterocycles. The molecule has 2 aromatic carbocycles. The molecule has 0 unspecified atom stereocenters. The average Bonchev–Trinajstić information content (AvgIpc) is 2.75. The van der Waals surface area contributed by atoms with Gasteiger partial charge in [-0.3, -0.25) is 14.1 Å². The van der Waals surface area contributed by atoms with Crippen LogP contribution in [-0.4, -0.2) is 87.4 Å². The highest BCUT2D eigenvalue weighted by Gasteiger charge is 2.46. The van der Waals surface area contributed by atoms with Crippen LogP contribution in [0.3, 0.4) is 0 Å². The summed E-state index contributed by atoms with van der Waals surface area (Å²) < 4.78 is 46.8. The van der Waals surface area contributed by atoms with Gasteiger partial charge in [0.1, 0.15) is 41.7 Å². The van der Waals surface area contributed by atoms with Gasteiger partial charge in [0.2, 0.25) is 12.1 Å². The molecule has 1 aliphatic carbocycles. The number of aliphatic hydroxyl groups excluding tert-OH is 4. The molecular formula is C21H20O13S. The SMILES string of the molecule is Cc1cc(O)c2c(c1)C(=O)c1cc(OS(=O)(=O)O)cc(O[C@H]3O[C@@H](CO)[C@H](O)[C@@H](O)[C@@H]3O)c1C2=O. The first-order chi connectivity index (χ1) is 16.3. The number of aryl methyl sites for hydroxylation is 1. The van der Waals surface area contributed by atoms with Gasteiger partial charge in [-0.25, -0.2) is 0 Å². The van der Waals surface area contributed by atoms with Crippen molar-refractivity contribution in [3.8, 4) is 17.2 Å². The van der Waals surface area contributed by atoms with E-state index in [-0.39, 0.29) is 11.1 Å². The van der Waals surface area contributed by atoms with E-state index in [0.29, 0.717) is 5.56 Å². The highest BCUT2D eigenvalue weighted by molar-refractivity contribution is 7.81. The number of phenols is 1. The summed E-state index contributed by atoms with van der Waals surface area (Å²) in [5, 5.41) is 50.0. The maximum Gasteiger partial charge on any atom is 0.446 e. The van der Waals surface area contributed by atoms with Gasteiger partial charge in [-0.1, -0.05) is 0 Å². The van der Waals surface area contributed by atoms with E-state index in [1.165, 1.54) is 12.1 Å². The molecule has 2 aromatic rings. The molecule has 4 rings (SSSR count). The van der Waals surface area contributed by atoms with Gasteiger partial charge in [0.15, 0.2) is 5.78 Å². The molecular weight excluding hydrogens is 492 g/mol. The zero-order chi connectivity index (χ0) is 25.8. The van der Waals surface area contributed by atoms with Gasteiger partial charge in [0, 0.05) is 17.2 Å². The maximum atomic E-state index is 13.3. The van der Waals surface area contributed by atoms with Gasteiger partial charge in [-0.2, -0.15) is 8.42 Å². The van der Waals surface area contributed by atoms with Crippen LogP contribution < -0.4 is 8.92 Å². The molecule has 0 spiro atoms. The largest absolute Gasteiger partial charge is 0.507 e. The van der Waals surface area contributed by atoms with Crippen LogP contribution in [0.5, 0.6) is 17.2 Å². The normalized spacial score (nSPS) is 26.2. The van der Waals surface area contributed by atoms with Gasteiger partial charge in [-0.15, -0.1) is 0 Å². The molecule has 0 radical (unpaired) electrons. The summed E-state index contributed by atoms with van der Waals surface area (Å²) in [5.41, 5.74) is -0.943. The Hall–Kier alpha value is -3.11. The quantitative estimate of drug-likeness (QED) is 0.223. The summed E-state index contributed by atoms with van der Waals surface area (Å²) in [5.74, 6) is -3.43. The van der Waals surface area contributed by atoms with Crippen molar-refractivity contribution in [2.24, 2.45) is 0 Å². The van der Waals surface area contributed by atoms with Crippen molar-refractivity contribution in [2.75, 3.05) is 6.61 Å². The summed E-state index contributed by atoms with van der Waals surface area (Å²) in [6.45, 7) is 0.783. The molecule has 0 aromatic heterocycles. The van der Waals surface area contributed by atoms with E-state index in [2.05, 4.69) is 4.18 Å². The lowest BCUT2D eigenvalue weighted by Crippen LogP contribution is -2.60. The van der Waals surface area contributed by atoms with Crippen molar-refractivity contribution in [2.45, 2.75) is 37.6 Å². The van der Waals surface area contributed by atoms with E-state index in [4.69, 9.17) is 14.0 Å². The summed E-state index contributed by atoms with van der Waals surface area (Å²) >= 11 is 0. The number of aliphatic hydroxyl groups is 4. The van der Waals surface area contributed by atoms with Crippen LogP contribution >= 0.6 is 0 Å². The van der Waals surface area contributed by atoms with Gasteiger partial charge >= 0.3 is 10.4 Å². The highest BCUT2D eigenvalue weighted by Crippen LogP contribution is 2.41. The first-order valence-electron chi connectivity index (χ1n) is 10.1. The minimum Gasteiger partial charge on any atom is -0.507 e. The third-order valence-corrected chi connectivity index (χ3v) is 5.98. The van der Waals surface area contributed by atoms with Crippen LogP contribution in [0.1, 0.15) is 37.4 Å². The summed E-state index contributed by atoms with van der Waals surface area (Å²) in [6.07, 6.45) is -8.66.